The van der Waals surface area contributed by atoms with Gasteiger partial charge in [-0.05, 0) is 29.9 Å². The molecule has 1 atom stereocenters. The normalized spacial score (nSPS) is 16.6. The molecule has 0 aliphatic carbocycles. The Hall–Kier alpha value is -3.05. The molecule has 0 radical (unpaired) electrons. The number of benzene rings is 2. The molecule has 2 aromatic carbocycles. The molecule has 1 amide bonds. The Morgan fingerprint density at radius 2 is 1.58 bits per heavy atom. The molecule has 0 spiro atoms. The molecule has 5 heteroatoms. The van der Waals surface area contributed by atoms with Crippen molar-refractivity contribution in [2.75, 3.05) is 13.1 Å². The van der Waals surface area contributed by atoms with Gasteiger partial charge in [-0.3, -0.25) is 4.79 Å². The standard InChI is InChI=1S/C26H29N3O2/c1-20(22-8-4-2-5-9-22)16-24(30)29-14-12-26(31,13-15-29)17-21-18-27-25(28-19-21)23-10-6-3-7-11-23/h2-11,18-20,31H,12-17H2,1H3. The first-order valence-corrected chi connectivity index (χ1v) is 10.9. The highest BCUT2D eigenvalue weighted by Gasteiger charge is 2.34. The minimum Gasteiger partial charge on any atom is -0.389 e. The Bertz CT molecular complexity index is 982. The average Bonchev–Trinajstić information content (AvgIpc) is 2.81. The molecule has 1 N–H and O–H groups in total. The fourth-order valence-electron chi connectivity index (χ4n) is 4.20. The summed E-state index contributed by atoms with van der Waals surface area (Å²) in [6.45, 7) is 3.26. The maximum Gasteiger partial charge on any atom is 0.223 e. The van der Waals surface area contributed by atoms with Gasteiger partial charge in [-0.1, -0.05) is 67.6 Å². The van der Waals surface area contributed by atoms with E-state index in [1.54, 1.807) is 12.4 Å². The molecule has 0 saturated carbocycles. The van der Waals surface area contributed by atoms with Crippen molar-refractivity contribution in [2.24, 2.45) is 0 Å². The molecule has 1 aliphatic heterocycles. The number of likely N-dealkylation sites (tertiary alicyclic amines) is 1. The molecule has 1 unspecified atom stereocenters. The smallest absolute Gasteiger partial charge is 0.223 e. The van der Waals surface area contributed by atoms with E-state index in [1.165, 1.54) is 5.56 Å². The predicted octanol–water partition coefficient (Wildman–Crippen LogP) is 4.23. The highest BCUT2D eigenvalue weighted by atomic mass is 16.3. The first kappa shape index (κ1) is 21.2. The summed E-state index contributed by atoms with van der Waals surface area (Å²) >= 11 is 0. The van der Waals surface area contributed by atoms with Crippen LogP contribution in [0.1, 0.15) is 43.2 Å². The van der Waals surface area contributed by atoms with Crippen molar-refractivity contribution >= 4 is 5.91 Å². The molecule has 1 fully saturated rings. The second-order valence-electron chi connectivity index (χ2n) is 8.58. The zero-order chi connectivity index (χ0) is 21.7. The van der Waals surface area contributed by atoms with Gasteiger partial charge in [0.05, 0.1) is 5.60 Å². The molecule has 1 aliphatic rings. The van der Waals surface area contributed by atoms with Crippen molar-refractivity contribution in [3.8, 4) is 11.4 Å². The van der Waals surface area contributed by atoms with E-state index < -0.39 is 5.60 Å². The lowest BCUT2D eigenvalue weighted by atomic mass is 9.85. The Balaban J connectivity index is 1.30. The predicted molar refractivity (Wildman–Crippen MR) is 121 cm³/mol. The fourth-order valence-corrected chi connectivity index (χ4v) is 4.20. The molecule has 160 valence electrons. The Morgan fingerprint density at radius 3 is 2.19 bits per heavy atom. The summed E-state index contributed by atoms with van der Waals surface area (Å²) in [5.41, 5.74) is 2.26. The summed E-state index contributed by atoms with van der Waals surface area (Å²) in [5, 5.41) is 11.1. The van der Waals surface area contributed by atoms with Gasteiger partial charge in [-0.2, -0.15) is 0 Å². The van der Waals surface area contributed by atoms with Crippen molar-refractivity contribution in [3.63, 3.8) is 0 Å². The Labute approximate surface area is 183 Å². The van der Waals surface area contributed by atoms with Crippen LogP contribution in [0.15, 0.2) is 73.1 Å². The first-order valence-electron chi connectivity index (χ1n) is 10.9. The van der Waals surface area contributed by atoms with Crippen LogP contribution in [-0.4, -0.2) is 44.6 Å². The third kappa shape index (κ3) is 5.36. The van der Waals surface area contributed by atoms with E-state index in [9.17, 15) is 9.90 Å². The van der Waals surface area contributed by atoms with Gasteiger partial charge >= 0.3 is 0 Å². The number of hydrogen-bond donors (Lipinski definition) is 1. The molecular weight excluding hydrogens is 386 g/mol. The quantitative estimate of drug-likeness (QED) is 0.654. The van der Waals surface area contributed by atoms with Crippen molar-refractivity contribution in [2.45, 2.75) is 44.1 Å². The number of carbonyl (C=O) groups is 1. The number of amides is 1. The van der Waals surface area contributed by atoms with Crippen molar-refractivity contribution in [1.29, 1.82) is 0 Å². The highest BCUT2D eigenvalue weighted by molar-refractivity contribution is 5.77. The van der Waals surface area contributed by atoms with Crippen LogP contribution in [0, 0.1) is 0 Å². The maximum atomic E-state index is 12.7. The van der Waals surface area contributed by atoms with Crippen LogP contribution in [0.4, 0.5) is 0 Å². The van der Waals surface area contributed by atoms with Crippen LogP contribution < -0.4 is 0 Å². The molecule has 5 nitrogen and oxygen atoms in total. The van der Waals surface area contributed by atoms with Crippen molar-refractivity contribution < 1.29 is 9.90 Å². The van der Waals surface area contributed by atoms with E-state index in [0.29, 0.717) is 44.6 Å². The molecule has 0 bridgehead atoms. The van der Waals surface area contributed by atoms with Gasteiger partial charge in [0.15, 0.2) is 5.82 Å². The van der Waals surface area contributed by atoms with Gasteiger partial charge < -0.3 is 10.0 Å². The minimum absolute atomic E-state index is 0.161. The number of nitrogens with zero attached hydrogens (tertiary/aromatic N) is 3. The second kappa shape index (κ2) is 9.40. The van der Waals surface area contributed by atoms with Gasteiger partial charge in [0, 0.05) is 43.9 Å². The third-order valence-corrected chi connectivity index (χ3v) is 6.17. The zero-order valence-electron chi connectivity index (χ0n) is 17.9. The molecular formula is C26H29N3O2. The number of carbonyl (C=O) groups excluding carboxylic acids is 1. The van der Waals surface area contributed by atoms with Crippen LogP contribution in [0.25, 0.3) is 11.4 Å². The summed E-state index contributed by atoms with van der Waals surface area (Å²) in [6, 6.07) is 20.0. The Morgan fingerprint density at radius 1 is 1.00 bits per heavy atom. The summed E-state index contributed by atoms with van der Waals surface area (Å²) in [4.78, 5) is 23.6. The van der Waals surface area contributed by atoms with Gasteiger partial charge in [-0.25, -0.2) is 9.97 Å². The van der Waals surface area contributed by atoms with E-state index in [0.717, 1.165) is 11.1 Å². The second-order valence-corrected chi connectivity index (χ2v) is 8.58. The Kier molecular flexibility index (Phi) is 6.42. The van der Waals surface area contributed by atoms with Gasteiger partial charge in [-0.15, -0.1) is 0 Å². The number of aliphatic hydroxyl groups is 1. The number of rotatable bonds is 6. The van der Waals surface area contributed by atoms with Gasteiger partial charge in [0.25, 0.3) is 0 Å². The summed E-state index contributed by atoms with van der Waals surface area (Å²) in [5.74, 6) is 1.04. The summed E-state index contributed by atoms with van der Waals surface area (Å²) in [6.07, 6.45) is 5.73. The molecule has 3 aromatic rings. The van der Waals surface area contributed by atoms with E-state index in [4.69, 9.17) is 0 Å². The van der Waals surface area contributed by atoms with Crippen LogP contribution in [0.2, 0.25) is 0 Å². The van der Waals surface area contributed by atoms with E-state index in [2.05, 4.69) is 29.0 Å². The molecule has 4 rings (SSSR count). The minimum atomic E-state index is -0.820. The largest absolute Gasteiger partial charge is 0.389 e. The summed E-state index contributed by atoms with van der Waals surface area (Å²) in [7, 11) is 0. The van der Waals surface area contributed by atoms with E-state index >= 15 is 0 Å². The van der Waals surface area contributed by atoms with Gasteiger partial charge in [0.1, 0.15) is 0 Å². The molecule has 2 heterocycles. The van der Waals surface area contributed by atoms with Crippen LogP contribution in [0.5, 0.6) is 0 Å². The molecule has 31 heavy (non-hydrogen) atoms. The lowest BCUT2D eigenvalue weighted by molar-refractivity contribution is -0.135. The van der Waals surface area contributed by atoms with Crippen LogP contribution in [-0.2, 0) is 11.2 Å². The lowest BCUT2D eigenvalue weighted by Crippen LogP contribution is -2.48. The first-order chi connectivity index (χ1) is 15.0. The van der Waals surface area contributed by atoms with Gasteiger partial charge in [0.2, 0.25) is 5.91 Å². The number of hydrogen-bond acceptors (Lipinski definition) is 4. The van der Waals surface area contributed by atoms with E-state index in [1.807, 2.05) is 53.4 Å². The lowest BCUT2D eigenvalue weighted by Gasteiger charge is -2.38. The highest BCUT2D eigenvalue weighted by Crippen LogP contribution is 2.28. The number of piperidine rings is 1. The van der Waals surface area contributed by atoms with Crippen LogP contribution >= 0.6 is 0 Å². The third-order valence-electron chi connectivity index (χ3n) is 6.17. The van der Waals surface area contributed by atoms with Crippen molar-refractivity contribution in [3.05, 3.63) is 84.2 Å². The van der Waals surface area contributed by atoms with Crippen LogP contribution in [0.3, 0.4) is 0 Å². The average molecular weight is 416 g/mol. The molecule has 1 aromatic heterocycles. The monoisotopic (exact) mass is 415 g/mol. The molecule has 1 saturated heterocycles. The zero-order valence-corrected chi connectivity index (χ0v) is 17.9. The number of aromatic nitrogens is 2. The maximum absolute atomic E-state index is 12.7. The fraction of sp³-hybridized carbons (Fsp3) is 0.346. The SMILES string of the molecule is CC(CC(=O)N1CCC(O)(Cc2cnc(-c3ccccc3)nc2)CC1)c1ccccc1. The topological polar surface area (TPSA) is 66.3 Å². The van der Waals surface area contributed by atoms with E-state index in [-0.39, 0.29) is 11.8 Å². The summed E-state index contributed by atoms with van der Waals surface area (Å²) < 4.78 is 0. The van der Waals surface area contributed by atoms with Crippen molar-refractivity contribution in [1.82, 2.24) is 14.9 Å².